The topological polar surface area (TPSA) is 252 Å². The normalized spacial score (nSPS) is 41.0. The Morgan fingerprint density at radius 1 is 0.681 bits per heavy atom. The van der Waals surface area contributed by atoms with Crippen LogP contribution >= 0.6 is 0 Å². The molecule has 17 heteroatoms. The molecule has 15 unspecified atom stereocenters. The van der Waals surface area contributed by atoms with E-state index in [1.165, 1.54) is 14.0 Å². The highest BCUT2D eigenvalue weighted by Gasteiger charge is 2.53. The Balaban J connectivity index is 1.69. The molecule has 0 aromatic rings. The van der Waals surface area contributed by atoms with Crippen molar-refractivity contribution < 1.29 is 78.5 Å². The number of esters is 1. The molecule has 3 rings (SSSR count). The molecule has 3 aliphatic heterocycles. The van der Waals surface area contributed by atoms with Gasteiger partial charge in [-0.25, -0.2) is 0 Å². The Kier molecular flexibility index (Phi) is 16.1. The second-order valence-corrected chi connectivity index (χ2v) is 12.3. The number of unbranched alkanes of at least 4 members (excludes halogenated alkanes) is 5. The fourth-order valence-electron chi connectivity index (χ4n) is 5.81. The lowest BCUT2D eigenvalue weighted by atomic mass is 9.95. The van der Waals surface area contributed by atoms with Gasteiger partial charge < -0.3 is 74.2 Å². The first-order valence-electron chi connectivity index (χ1n) is 16.2. The average Bonchev–Trinajstić information content (AvgIpc) is 3.04. The van der Waals surface area contributed by atoms with Crippen molar-refractivity contribution >= 4 is 11.9 Å². The Bertz CT molecular complexity index is 961. The number of ether oxygens (including phenoxy) is 7. The summed E-state index contributed by atoms with van der Waals surface area (Å²) in [7, 11) is 1.36. The van der Waals surface area contributed by atoms with E-state index in [4.69, 9.17) is 28.4 Å². The van der Waals surface area contributed by atoms with E-state index in [1.54, 1.807) is 6.92 Å². The van der Waals surface area contributed by atoms with Crippen LogP contribution in [-0.2, 0) is 42.7 Å². The predicted molar refractivity (Wildman–Crippen MR) is 158 cm³/mol. The van der Waals surface area contributed by atoms with Crippen LogP contribution in [0.2, 0.25) is 0 Å². The number of hydrogen-bond donors (Lipinski definition) is 8. The molecule has 3 aliphatic rings. The van der Waals surface area contributed by atoms with Crippen molar-refractivity contribution in [2.45, 2.75) is 158 Å². The van der Waals surface area contributed by atoms with E-state index in [-0.39, 0.29) is 12.6 Å². The first kappa shape index (κ1) is 39.9. The third-order valence-electron chi connectivity index (χ3n) is 8.69. The van der Waals surface area contributed by atoms with Crippen LogP contribution in [0.1, 0.15) is 65.7 Å². The van der Waals surface area contributed by atoms with Gasteiger partial charge in [0.1, 0.15) is 61.0 Å². The number of amides is 1. The zero-order valence-electron chi connectivity index (χ0n) is 27.3. The molecule has 0 aromatic carbocycles. The van der Waals surface area contributed by atoms with E-state index in [0.29, 0.717) is 12.8 Å². The van der Waals surface area contributed by atoms with Crippen molar-refractivity contribution in [1.82, 2.24) is 5.32 Å². The molecule has 17 nitrogen and oxygen atoms in total. The summed E-state index contributed by atoms with van der Waals surface area (Å²) in [5.74, 6) is -0.835. The van der Waals surface area contributed by atoms with Crippen molar-refractivity contribution in [3.63, 3.8) is 0 Å². The maximum Gasteiger partial charge on any atom is 0.305 e. The summed E-state index contributed by atoms with van der Waals surface area (Å²) < 4.78 is 39.8. The fraction of sp³-hybridized carbons (Fsp3) is 0.933. The first-order valence-corrected chi connectivity index (χ1v) is 16.2. The molecule has 3 fully saturated rings. The van der Waals surface area contributed by atoms with Gasteiger partial charge in [0, 0.05) is 20.0 Å². The second kappa shape index (κ2) is 19.0. The van der Waals surface area contributed by atoms with Gasteiger partial charge in [0.2, 0.25) is 5.91 Å². The van der Waals surface area contributed by atoms with Gasteiger partial charge in [-0.15, -0.1) is 0 Å². The van der Waals surface area contributed by atoms with E-state index >= 15 is 0 Å². The molecule has 15 atom stereocenters. The Labute approximate surface area is 274 Å². The maximum atomic E-state index is 11.9. The van der Waals surface area contributed by atoms with Crippen LogP contribution in [-0.4, -0.2) is 160 Å². The highest BCUT2D eigenvalue weighted by atomic mass is 16.8. The molecular formula is C30H53NO16. The maximum absolute atomic E-state index is 11.9. The van der Waals surface area contributed by atoms with E-state index in [0.717, 1.165) is 39.0 Å². The summed E-state index contributed by atoms with van der Waals surface area (Å²) in [5, 5.41) is 76.4. The third-order valence-corrected chi connectivity index (χ3v) is 8.69. The van der Waals surface area contributed by atoms with Crippen LogP contribution in [0.15, 0.2) is 0 Å². The zero-order valence-corrected chi connectivity index (χ0v) is 27.3. The summed E-state index contributed by atoms with van der Waals surface area (Å²) in [5.41, 5.74) is 0. The lowest BCUT2D eigenvalue weighted by Crippen LogP contribution is -2.68. The largest absolute Gasteiger partial charge is 0.469 e. The van der Waals surface area contributed by atoms with Crippen LogP contribution in [0.4, 0.5) is 0 Å². The first-order chi connectivity index (χ1) is 22.3. The highest BCUT2D eigenvalue weighted by Crippen LogP contribution is 2.33. The molecule has 47 heavy (non-hydrogen) atoms. The minimum absolute atomic E-state index is 0.225. The summed E-state index contributed by atoms with van der Waals surface area (Å²) in [6.45, 7) is 3.69. The number of hydrogen-bond acceptors (Lipinski definition) is 16. The van der Waals surface area contributed by atoms with E-state index in [9.17, 15) is 45.3 Å². The third kappa shape index (κ3) is 10.7. The molecule has 3 heterocycles. The Hall–Kier alpha value is -1.58. The van der Waals surface area contributed by atoms with Gasteiger partial charge in [0.25, 0.3) is 0 Å². The number of aliphatic hydroxyl groups excluding tert-OH is 7. The molecular weight excluding hydrogens is 630 g/mol. The monoisotopic (exact) mass is 683 g/mol. The van der Waals surface area contributed by atoms with Crippen LogP contribution in [0, 0.1) is 0 Å². The van der Waals surface area contributed by atoms with E-state index in [2.05, 4.69) is 10.1 Å². The molecule has 0 saturated carbocycles. The quantitative estimate of drug-likeness (QED) is 0.0621. The zero-order chi connectivity index (χ0) is 34.8. The van der Waals surface area contributed by atoms with Crippen molar-refractivity contribution in [1.29, 1.82) is 0 Å². The van der Waals surface area contributed by atoms with Gasteiger partial charge in [0.15, 0.2) is 18.9 Å². The van der Waals surface area contributed by atoms with Crippen LogP contribution in [0.25, 0.3) is 0 Å². The van der Waals surface area contributed by atoms with E-state index < -0.39 is 105 Å². The predicted octanol–water partition coefficient (Wildman–Crippen LogP) is -2.45. The highest BCUT2D eigenvalue weighted by molar-refractivity contribution is 5.73. The van der Waals surface area contributed by atoms with Gasteiger partial charge >= 0.3 is 5.97 Å². The SMILES string of the molecule is COC(=O)CCCCCCCCOC1OC(C)C(O)C(O)C1OC1OC(C)C(O)C(O)C1OC1OC(CO)C(O)C(O)C1NC(C)=O. The molecule has 0 radical (unpaired) electrons. The summed E-state index contributed by atoms with van der Waals surface area (Å²) in [6.07, 6.45) is -14.4. The Morgan fingerprint density at radius 3 is 1.79 bits per heavy atom. The fourth-order valence-corrected chi connectivity index (χ4v) is 5.81. The van der Waals surface area contributed by atoms with Crippen molar-refractivity contribution in [3.05, 3.63) is 0 Å². The molecule has 1 amide bonds. The minimum atomic E-state index is -1.68. The van der Waals surface area contributed by atoms with Gasteiger partial charge in [-0.05, 0) is 26.7 Å². The number of carbonyl (C=O) groups is 2. The minimum Gasteiger partial charge on any atom is -0.469 e. The van der Waals surface area contributed by atoms with Gasteiger partial charge in [0.05, 0.1) is 25.9 Å². The lowest BCUT2D eigenvalue weighted by Gasteiger charge is -2.48. The summed E-state index contributed by atoms with van der Waals surface area (Å²) >= 11 is 0. The molecule has 8 N–H and O–H groups in total. The molecule has 0 spiro atoms. The number of rotatable bonds is 16. The van der Waals surface area contributed by atoms with Gasteiger partial charge in [-0.3, -0.25) is 9.59 Å². The number of nitrogens with one attached hydrogen (secondary N) is 1. The molecule has 0 aromatic heterocycles. The lowest BCUT2D eigenvalue weighted by molar-refractivity contribution is -0.384. The number of carbonyl (C=O) groups excluding carboxylic acids is 2. The molecule has 0 bridgehead atoms. The van der Waals surface area contributed by atoms with Crippen LogP contribution in [0.5, 0.6) is 0 Å². The molecule has 0 aliphatic carbocycles. The van der Waals surface area contributed by atoms with E-state index in [1.807, 2.05) is 0 Å². The van der Waals surface area contributed by atoms with Gasteiger partial charge in [-0.2, -0.15) is 0 Å². The second-order valence-electron chi connectivity index (χ2n) is 12.3. The van der Waals surface area contributed by atoms with Crippen molar-refractivity contribution in [2.24, 2.45) is 0 Å². The van der Waals surface area contributed by atoms with Gasteiger partial charge in [-0.1, -0.05) is 25.7 Å². The molecule has 274 valence electrons. The standard InChI is InChI=1S/C30H53NO16/c1-14-20(35)24(39)26(29(43-14)42-12-10-8-6-5-7-9-11-18(34)41-4)47-30-27(25(40)21(36)15(2)44-30)46-28-19(31-16(3)33)23(38)22(37)17(13-32)45-28/h14-15,17,19-30,32,35-40H,5-13H2,1-4H3,(H,31,33). The number of aliphatic hydroxyl groups is 7. The Morgan fingerprint density at radius 2 is 1.21 bits per heavy atom. The summed E-state index contributed by atoms with van der Waals surface area (Å²) in [6, 6.07) is -1.37. The van der Waals surface area contributed by atoms with Crippen LogP contribution in [0.3, 0.4) is 0 Å². The average molecular weight is 684 g/mol. The summed E-state index contributed by atoms with van der Waals surface area (Å²) in [4.78, 5) is 23.1. The van der Waals surface area contributed by atoms with Crippen molar-refractivity contribution in [2.75, 3.05) is 20.3 Å². The molecule has 3 saturated heterocycles. The number of methoxy groups -OCH3 is 1. The van der Waals surface area contributed by atoms with Crippen molar-refractivity contribution in [3.8, 4) is 0 Å². The van der Waals surface area contributed by atoms with Crippen LogP contribution < -0.4 is 5.32 Å². The smallest absolute Gasteiger partial charge is 0.305 e.